The van der Waals surface area contributed by atoms with E-state index in [-0.39, 0.29) is 19.0 Å². The molecule has 17 heavy (non-hydrogen) atoms. The molecule has 0 spiro atoms. The molecule has 0 unspecified atom stereocenters. The van der Waals surface area contributed by atoms with Crippen LogP contribution in [0.5, 0.6) is 0 Å². The van der Waals surface area contributed by atoms with Gasteiger partial charge in [-0.1, -0.05) is 24.3 Å². The van der Waals surface area contributed by atoms with Crippen molar-refractivity contribution in [2.24, 2.45) is 0 Å². The summed E-state index contributed by atoms with van der Waals surface area (Å²) < 4.78 is 4.81. The van der Waals surface area contributed by atoms with E-state index in [4.69, 9.17) is 9.84 Å². The number of hydrogen-bond acceptors (Lipinski definition) is 3. The molecule has 0 saturated heterocycles. The van der Waals surface area contributed by atoms with Crippen molar-refractivity contribution in [1.29, 1.82) is 0 Å². The molecule has 1 aromatic carbocycles. The topological polar surface area (TPSA) is 46.5 Å². The Bertz CT molecular complexity index is 408. The van der Waals surface area contributed by atoms with Crippen LogP contribution in [0.15, 0.2) is 24.3 Å². The SMILES string of the molecule is CCOC(=O)CC=Cc1ccc(C)c(CO)c1. The van der Waals surface area contributed by atoms with Crippen LogP contribution in [-0.2, 0) is 16.1 Å². The molecule has 0 atom stereocenters. The number of aryl methyl sites for hydroxylation is 1. The fourth-order valence-electron chi connectivity index (χ4n) is 1.48. The molecule has 3 heteroatoms. The van der Waals surface area contributed by atoms with Gasteiger partial charge in [-0.25, -0.2) is 0 Å². The summed E-state index contributed by atoms with van der Waals surface area (Å²) in [5.41, 5.74) is 2.95. The summed E-state index contributed by atoms with van der Waals surface area (Å²) in [6.45, 7) is 4.18. The molecule has 0 heterocycles. The van der Waals surface area contributed by atoms with Gasteiger partial charge in [0.15, 0.2) is 0 Å². The molecule has 3 nitrogen and oxygen atoms in total. The second-order valence-corrected chi connectivity index (χ2v) is 3.76. The molecular formula is C14H18O3. The van der Waals surface area contributed by atoms with Gasteiger partial charge in [0.2, 0.25) is 0 Å². The molecule has 0 fully saturated rings. The van der Waals surface area contributed by atoms with E-state index in [1.54, 1.807) is 13.0 Å². The Kier molecular flexibility index (Phi) is 5.43. The van der Waals surface area contributed by atoms with Crippen molar-refractivity contribution in [2.75, 3.05) is 6.61 Å². The van der Waals surface area contributed by atoms with Crippen molar-refractivity contribution in [3.63, 3.8) is 0 Å². The van der Waals surface area contributed by atoms with Crippen molar-refractivity contribution in [2.45, 2.75) is 26.9 Å². The highest BCUT2D eigenvalue weighted by atomic mass is 16.5. The fourth-order valence-corrected chi connectivity index (χ4v) is 1.48. The quantitative estimate of drug-likeness (QED) is 0.796. The molecule has 0 aliphatic heterocycles. The minimum Gasteiger partial charge on any atom is -0.466 e. The first kappa shape index (κ1) is 13.5. The van der Waals surface area contributed by atoms with Gasteiger partial charge in [-0.3, -0.25) is 4.79 Å². The normalized spacial score (nSPS) is 10.8. The lowest BCUT2D eigenvalue weighted by atomic mass is 10.1. The number of esters is 1. The van der Waals surface area contributed by atoms with E-state index >= 15 is 0 Å². The molecule has 1 aromatic rings. The zero-order chi connectivity index (χ0) is 12.7. The van der Waals surface area contributed by atoms with Gasteiger partial charge in [0.05, 0.1) is 19.6 Å². The van der Waals surface area contributed by atoms with E-state index in [2.05, 4.69) is 0 Å². The van der Waals surface area contributed by atoms with Crippen LogP contribution in [0.4, 0.5) is 0 Å². The van der Waals surface area contributed by atoms with E-state index < -0.39 is 0 Å². The van der Waals surface area contributed by atoms with Crippen LogP contribution < -0.4 is 0 Å². The van der Waals surface area contributed by atoms with Crippen molar-refractivity contribution in [1.82, 2.24) is 0 Å². The number of carbonyl (C=O) groups is 1. The predicted octanol–water partition coefficient (Wildman–Crippen LogP) is 2.45. The van der Waals surface area contributed by atoms with E-state index in [9.17, 15) is 4.79 Å². The standard InChI is InChI=1S/C14H18O3/c1-3-17-14(16)6-4-5-12-8-7-11(2)13(9-12)10-15/h4-5,7-9,15H,3,6,10H2,1-2H3. The Morgan fingerprint density at radius 3 is 2.88 bits per heavy atom. The van der Waals surface area contributed by atoms with Crippen LogP contribution in [0.1, 0.15) is 30.0 Å². The lowest BCUT2D eigenvalue weighted by Crippen LogP contribution is -2.01. The summed E-state index contributed by atoms with van der Waals surface area (Å²) in [6, 6.07) is 5.82. The first-order valence-corrected chi connectivity index (χ1v) is 5.70. The number of hydrogen-bond donors (Lipinski definition) is 1. The summed E-state index contributed by atoms with van der Waals surface area (Å²) in [6.07, 6.45) is 3.90. The Labute approximate surface area is 102 Å². The second kappa shape index (κ2) is 6.86. The number of rotatable bonds is 5. The molecule has 0 amide bonds. The summed E-state index contributed by atoms with van der Waals surface area (Å²) in [4.78, 5) is 11.1. The molecule has 0 aliphatic carbocycles. The van der Waals surface area contributed by atoms with Gasteiger partial charge in [0.25, 0.3) is 0 Å². The maximum atomic E-state index is 11.1. The monoisotopic (exact) mass is 234 g/mol. The van der Waals surface area contributed by atoms with Gasteiger partial charge < -0.3 is 9.84 Å². The highest BCUT2D eigenvalue weighted by Gasteiger charge is 1.98. The highest BCUT2D eigenvalue weighted by Crippen LogP contribution is 2.12. The highest BCUT2D eigenvalue weighted by molar-refractivity contribution is 5.72. The van der Waals surface area contributed by atoms with Gasteiger partial charge in [0, 0.05) is 0 Å². The van der Waals surface area contributed by atoms with Crippen LogP contribution in [0, 0.1) is 6.92 Å². The minimum atomic E-state index is -0.224. The van der Waals surface area contributed by atoms with Gasteiger partial charge >= 0.3 is 5.97 Å². The molecule has 1 rings (SSSR count). The molecule has 92 valence electrons. The minimum absolute atomic E-state index is 0.0331. The molecule has 0 aliphatic rings. The zero-order valence-corrected chi connectivity index (χ0v) is 10.3. The largest absolute Gasteiger partial charge is 0.466 e. The van der Waals surface area contributed by atoms with Gasteiger partial charge in [-0.2, -0.15) is 0 Å². The molecule has 0 bridgehead atoms. The third kappa shape index (κ3) is 4.41. The lowest BCUT2D eigenvalue weighted by molar-refractivity contribution is -0.142. The van der Waals surface area contributed by atoms with Crippen molar-refractivity contribution in [3.8, 4) is 0 Å². The number of ether oxygens (including phenoxy) is 1. The van der Waals surface area contributed by atoms with Crippen LogP contribution in [0.3, 0.4) is 0 Å². The Morgan fingerprint density at radius 2 is 2.24 bits per heavy atom. The number of benzene rings is 1. The smallest absolute Gasteiger partial charge is 0.309 e. The third-order valence-electron chi connectivity index (χ3n) is 2.44. The maximum absolute atomic E-state index is 11.1. The van der Waals surface area contributed by atoms with Gasteiger partial charge in [0.1, 0.15) is 0 Å². The van der Waals surface area contributed by atoms with Crippen LogP contribution in [-0.4, -0.2) is 17.7 Å². The van der Waals surface area contributed by atoms with Crippen molar-refractivity contribution < 1.29 is 14.6 Å². The summed E-state index contributed by atoms with van der Waals surface area (Å²) in [5.74, 6) is -0.224. The number of aliphatic hydroxyl groups is 1. The van der Waals surface area contributed by atoms with Crippen molar-refractivity contribution >= 4 is 12.0 Å². The molecule has 0 aromatic heterocycles. The summed E-state index contributed by atoms with van der Waals surface area (Å²) in [7, 11) is 0. The fraction of sp³-hybridized carbons (Fsp3) is 0.357. The third-order valence-corrected chi connectivity index (χ3v) is 2.44. The Morgan fingerprint density at radius 1 is 1.47 bits per heavy atom. The number of carbonyl (C=O) groups excluding carboxylic acids is 1. The molecule has 1 N–H and O–H groups in total. The zero-order valence-electron chi connectivity index (χ0n) is 10.3. The van der Waals surface area contributed by atoms with E-state index in [0.29, 0.717) is 6.61 Å². The molecule has 0 radical (unpaired) electrons. The Balaban J connectivity index is 2.62. The van der Waals surface area contributed by atoms with Crippen molar-refractivity contribution in [3.05, 3.63) is 41.0 Å². The van der Waals surface area contributed by atoms with Crippen LogP contribution >= 0.6 is 0 Å². The predicted molar refractivity (Wildman–Crippen MR) is 67.4 cm³/mol. The summed E-state index contributed by atoms with van der Waals surface area (Å²) >= 11 is 0. The Hall–Kier alpha value is -1.61. The first-order valence-electron chi connectivity index (χ1n) is 5.70. The van der Waals surface area contributed by atoms with Gasteiger partial charge in [-0.15, -0.1) is 0 Å². The summed E-state index contributed by atoms with van der Waals surface area (Å²) in [5, 5.41) is 9.13. The first-order chi connectivity index (χ1) is 8.17. The molecular weight excluding hydrogens is 216 g/mol. The average molecular weight is 234 g/mol. The van der Waals surface area contributed by atoms with E-state index in [1.807, 2.05) is 31.2 Å². The van der Waals surface area contributed by atoms with E-state index in [1.165, 1.54) is 0 Å². The second-order valence-electron chi connectivity index (χ2n) is 3.76. The van der Waals surface area contributed by atoms with Gasteiger partial charge in [-0.05, 0) is 36.6 Å². The van der Waals surface area contributed by atoms with Crippen LogP contribution in [0.25, 0.3) is 6.08 Å². The average Bonchev–Trinajstić information content (AvgIpc) is 2.31. The van der Waals surface area contributed by atoms with Crippen LogP contribution in [0.2, 0.25) is 0 Å². The van der Waals surface area contributed by atoms with E-state index in [0.717, 1.165) is 16.7 Å². The maximum Gasteiger partial charge on any atom is 0.309 e. The molecule has 0 saturated carbocycles. The lowest BCUT2D eigenvalue weighted by Gasteiger charge is -2.03. The number of aliphatic hydroxyl groups excluding tert-OH is 1.